The number of amides is 1. The fraction of sp³-hybridized carbons (Fsp3) is 0.400. The Balaban J connectivity index is 2.12. The van der Waals surface area contributed by atoms with Gasteiger partial charge in [0.2, 0.25) is 0 Å². The van der Waals surface area contributed by atoms with Gasteiger partial charge in [0.05, 0.1) is 23.9 Å². The molecule has 1 aromatic rings. The largest absolute Gasteiger partial charge is 0.465 e. The van der Waals surface area contributed by atoms with Crippen LogP contribution in [0.3, 0.4) is 0 Å². The number of hydrazone groups is 1. The van der Waals surface area contributed by atoms with Crippen LogP contribution < -0.4 is 5.43 Å². The van der Waals surface area contributed by atoms with Crippen LogP contribution in [0.5, 0.6) is 0 Å². The molecule has 0 radical (unpaired) electrons. The summed E-state index contributed by atoms with van der Waals surface area (Å²) < 4.78 is 14.3. The van der Waals surface area contributed by atoms with Gasteiger partial charge in [-0.3, -0.25) is 5.43 Å². The Labute approximate surface area is 155 Å². The van der Waals surface area contributed by atoms with Crippen molar-refractivity contribution in [1.29, 1.82) is 5.26 Å². The van der Waals surface area contributed by atoms with Gasteiger partial charge in [-0.15, -0.1) is 0 Å². The molecular formula is C15H15Br2FN4O2. The second kappa shape index (κ2) is 8.44. The standard InChI is InChI=1S/C15H15Br2FN4O2/c16-11-7-10(18)8-12(17)14(11)21-20-13(1-4-19)9-2-5-22(6-3-9)15(23)24/h7-9,21H,1-3,5-6H2,(H,23,24). The number of halogens is 3. The minimum absolute atomic E-state index is 0.0470. The molecule has 0 saturated carbocycles. The zero-order valence-electron chi connectivity index (χ0n) is 12.6. The Kier molecular flexibility index (Phi) is 6.57. The van der Waals surface area contributed by atoms with E-state index in [1.54, 1.807) is 0 Å². The molecule has 1 fully saturated rings. The van der Waals surface area contributed by atoms with Crippen LogP contribution in [-0.4, -0.2) is 34.9 Å². The summed E-state index contributed by atoms with van der Waals surface area (Å²) in [6.07, 6.45) is 0.478. The minimum atomic E-state index is -0.926. The van der Waals surface area contributed by atoms with E-state index in [0.717, 1.165) is 0 Å². The molecule has 9 heteroatoms. The number of carboxylic acid groups (broad SMARTS) is 1. The van der Waals surface area contributed by atoms with Crippen LogP contribution in [0.25, 0.3) is 0 Å². The summed E-state index contributed by atoms with van der Waals surface area (Å²) in [6, 6.07) is 4.72. The molecule has 0 atom stereocenters. The third-order valence-electron chi connectivity index (χ3n) is 3.82. The number of nitrogens with zero attached hydrogens (tertiary/aromatic N) is 3. The van der Waals surface area contributed by atoms with Crippen molar-refractivity contribution in [3.8, 4) is 6.07 Å². The van der Waals surface area contributed by atoms with Crippen molar-refractivity contribution >= 4 is 49.4 Å². The number of nitriles is 1. The lowest BCUT2D eigenvalue weighted by molar-refractivity contribution is 0.131. The SMILES string of the molecule is N#CCC(=NNc1c(Br)cc(F)cc1Br)C1CCN(C(=O)O)CC1. The van der Waals surface area contributed by atoms with Crippen molar-refractivity contribution in [3.63, 3.8) is 0 Å². The maximum Gasteiger partial charge on any atom is 0.407 e. The quantitative estimate of drug-likeness (QED) is 0.513. The van der Waals surface area contributed by atoms with E-state index in [9.17, 15) is 9.18 Å². The van der Waals surface area contributed by atoms with Crippen molar-refractivity contribution in [2.24, 2.45) is 11.0 Å². The molecule has 24 heavy (non-hydrogen) atoms. The zero-order valence-corrected chi connectivity index (χ0v) is 15.8. The molecule has 1 aliphatic rings. The zero-order chi connectivity index (χ0) is 17.7. The van der Waals surface area contributed by atoms with Gasteiger partial charge in [0.1, 0.15) is 5.82 Å². The van der Waals surface area contributed by atoms with E-state index in [1.165, 1.54) is 17.0 Å². The van der Waals surface area contributed by atoms with Gasteiger partial charge in [-0.2, -0.15) is 10.4 Å². The molecule has 1 saturated heterocycles. The van der Waals surface area contributed by atoms with Crippen LogP contribution in [-0.2, 0) is 0 Å². The van der Waals surface area contributed by atoms with E-state index in [0.29, 0.717) is 46.3 Å². The molecule has 1 heterocycles. The van der Waals surface area contributed by atoms with E-state index >= 15 is 0 Å². The first-order valence-electron chi connectivity index (χ1n) is 7.24. The van der Waals surface area contributed by atoms with Crippen LogP contribution in [0.2, 0.25) is 0 Å². The first-order chi connectivity index (χ1) is 11.4. The highest BCUT2D eigenvalue weighted by atomic mass is 79.9. The van der Waals surface area contributed by atoms with Gasteiger partial charge in [0, 0.05) is 28.0 Å². The first-order valence-corrected chi connectivity index (χ1v) is 8.82. The van der Waals surface area contributed by atoms with E-state index in [4.69, 9.17) is 10.4 Å². The van der Waals surface area contributed by atoms with Gasteiger partial charge >= 0.3 is 6.09 Å². The van der Waals surface area contributed by atoms with Crippen molar-refractivity contribution < 1.29 is 14.3 Å². The van der Waals surface area contributed by atoms with Gasteiger partial charge in [-0.25, -0.2) is 9.18 Å². The maximum atomic E-state index is 13.3. The van der Waals surface area contributed by atoms with Gasteiger partial charge in [-0.05, 0) is 56.8 Å². The summed E-state index contributed by atoms with van der Waals surface area (Å²) in [4.78, 5) is 12.3. The lowest BCUT2D eigenvalue weighted by atomic mass is 9.91. The average Bonchev–Trinajstić information content (AvgIpc) is 2.53. The Morgan fingerprint density at radius 1 is 1.42 bits per heavy atom. The Morgan fingerprint density at radius 3 is 2.50 bits per heavy atom. The smallest absolute Gasteiger partial charge is 0.407 e. The number of hydrogen-bond acceptors (Lipinski definition) is 4. The van der Waals surface area contributed by atoms with Gasteiger partial charge in [0.15, 0.2) is 0 Å². The summed E-state index contributed by atoms with van der Waals surface area (Å²) in [5.41, 5.74) is 4.11. The molecular weight excluding hydrogens is 447 g/mol. The predicted octanol–water partition coefficient (Wildman–Crippen LogP) is 4.42. The fourth-order valence-electron chi connectivity index (χ4n) is 2.54. The predicted molar refractivity (Wildman–Crippen MR) is 95.4 cm³/mol. The number of nitrogens with one attached hydrogen (secondary N) is 1. The van der Waals surface area contributed by atoms with Crippen molar-refractivity contribution in [3.05, 3.63) is 26.9 Å². The van der Waals surface area contributed by atoms with Crippen LogP contribution in [0.4, 0.5) is 14.9 Å². The van der Waals surface area contributed by atoms with Gasteiger partial charge in [0.25, 0.3) is 0 Å². The highest BCUT2D eigenvalue weighted by molar-refractivity contribution is 9.11. The van der Waals surface area contributed by atoms with Crippen LogP contribution in [0.15, 0.2) is 26.2 Å². The highest BCUT2D eigenvalue weighted by Gasteiger charge is 2.25. The lowest BCUT2D eigenvalue weighted by Crippen LogP contribution is -2.39. The third-order valence-corrected chi connectivity index (χ3v) is 5.07. The average molecular weight is 462 g/mol. The third kappa shape index (κ3) is 4.68. The Morgan fingerprint density at radius 2 is 2.00 bits per heavy atom. The van der Waals surface area contributed by atoms with Crippen molar-refractivity contribution in [1.82, 2.24) is 4.90 Å². The summed E-state index contributed by atoms with van der Waals surface area (Å²) >= 11 is 6.54. The normalized spacial score (nSPS) is 15.9. The molecule has 0 spiro atoms. The van der Waals surface area contributed by atoms with Crippen molar-refractivity contribution in [2.45, 2.75) is 19.3 Å². The lowest BCUT2D eigenvalue weighted by Gasteiger charge is -2.30. The molecule has 6 nitrogen and oxygen atoms in total. The number of likely N-dealkylation sites (tertiary alicyclic amines) is 1. The second-order valence-corrected chi connectivity index (χ2v) is 7.05. The number of hydrogen-bond donors (Lipinski definition) is 2. The van der Waals surface area contributed by atoms with E-state index in [2.05, 4.69) is 48.5 Å². The Bertz CT molecular complexity index is 674. The topological polar surface area (TPSA) is 88.7 Å². The van der Waals surface area contributed by atoms with E-state index in [-0.39, 0.29) is 18.2 Å². The molecule has 2 N–H and O–H groups in total. The molecule has 1 amide bonds. The first kappa shape index (κ1) is 18.7. The Hall–Kier alpha value is -1.66. The number of rotatable bonds is 4. The number of piperidine rings is 1. The minimum Gasteiger partial charge on any atom is -0.465 e. The number of benzene rings is 1. The van der Waals surface area contributed by atoms with E-state index < -0.39 is 6.09 Å². The number of anilines is 1. The molecule has 128 valence electrons. The summed E-state index contributed by atoms with van der Waals surface area (Å²) in [6.45, 7) is 0.850. The van der Waals surface area contributed by atoms with E-state index in [1.807, 2.05) is 0 Å². The highest BCUT2D eigenvalue weighted by Crippen LogP contribution is 2.32. The maximum absolute atomic E-state index is 13.3. The molecule has 2 rings (SSSR count). The molecule has 0 aliphatic carbocycles. The molecule has 0 bridgehead atoms. The molecule has 1 aliphatic heterocycles. The second-order valence-electron chi connectivity index (χ2n) is 5.34. The summed E-state index contributed by atoms with van der Waals surface area (Å²) in [7, 11) is 0. The monoisotopic (exact) mass is 460 g/mol. The van der Waals surface area contributed by atoms with Crippen molar-refractivity contribution in [2.75, 3.05) is 18.5 Å². The fourth-order valence-corrected chi connectivity index (χ4v) is 3.84. The summed E-state index contributed by atoms with van der Waals surface area (Å²) in [5, 5.41) is 22.3. The van der Waals surface area contributed by atoms with Gasteiger partial charge in [-0.1, -0.05) is 0 Å². The van der Waals surface area contributed by atoms with Crippen LogP contribution in [0.1, 0.15) is 19.3 Å². The number of carbonyl (C=O) groups is 1. The van der Waals surface area contributed by atoms with Crippen LogP contribution >= 0.6 is 31.9 Å². The van der Waals surface area contributed by atoms with Crippen LogP contribution in [0, 0.1) is 23.1 Å². The van der Waals surface area contributed by atoms with Gasteiger partial charge < -0.3 is 10.0 Å². The molecule has 1 aromatic carbocycles. The molecule has 0 aromatic heterocycles. The molecule has 0 unspecified atom stereocenters. The summed E-state index contributed by atoms with van der Waals surface area (Å²) in [5.74, 6) is -0.340.